The Morgan fingerprint density at radius 1 is 1.26 bits per heavy atom. The molecule has 104 valence electrons. The average Bonchev–Trinajstić information content (AvgIpc) is 2.39. The number of likely N-dealkylation sites (tertiary alicyclic amines) is 1. The fourth-order valence-corrected chi connectivity index (χ4v) is 2.76. The number of amides is 1. The van der Waals surface area contributed by atoms with E-state index in [4.69, 9.17) is 0 Å². The first-order valence-corrected chi connectivity index (χ1v) is 7.10. The Hall–Kier alpha value is -1.35. The number of rotatable bonds is 3. The number of carbonyl (C=O) groups is 1. The molecule has 0 saturated carbocycles. The molecule has 2 rings (SSSR count). The zero-order valence-corrected chi connectivity index (χ0v) is 12.1. The molecule has 0 aliphatic carbocycles. The van der Waals surface area contributed by atoms with E-state index in [1.165, 1.54) is 5.56 Å². The summed E-state index contributed by atoms with van der Waals surface area (Å²) >= 11 is 0. The van der Waals surface area contributed by atoms with E-state index in [1.807, 2.05) is 19.9 Å². The highest BCUT2D eigenvalue weighted by molar-refractivity contribution is 5.78. The fourth-order valence-electron chi connectivity index (χ4n) is 2.76. The van der Waals surface area contributed by atoms with Crippen molar-refractivity contribution >= 4 is 5.91 Å². The van der Waals surface area contributed by atoms with Crippen LogP contribution in [0.3, 0.4) is 0 Å². The summed E-state index contributed by atoms with van der Waals surface area (Å²) < 4.78 is 0. The minimum Gasteiger partial charge on any atom is -0.352 e. The second-order valence-electron chi connectivity index (χ2n) is 5.92. The molecule has 0 radical (unpaired) electrons. The van der Waals surface area contributed by atoms with E-state index in [9.17, 15) is 4.79 Å². The van der Waals surface area contributed by atoms with E-state index < -0.39 is 0 Å². The van der Waals surface area contributed by atoms with Gasteiger partial charge in [0.1, 0.15) is 0 Å². The predicted octanol–water partition coefficient (Wildman–Crippen LogP) is 2.25. The molecular weight excluding hydrogens is 236 g/mol. The maximum Gasteiger partial charge on any atom is 0.222 e. The van der Waals surface area contributed by atoms with Crippen LogP contribution >= 0.6 is 0 Å². The Labute approximate surface area is 116 Å². The van der Waals surface area contributed by atoms with Gasteiger partial charge < -0.3 is 10.2 Å². The molecule has 1 aromatic rings. The van der Waals surface area contributed by atoms with Crippen LogP contribution in [0.1, 0.15) is 31.7 Å². The highest BCUT2D eigenvalue weighted by atomic mass is 16.1. The quantitative estimate of drug-likeness (QED) is 0.904. The molecule has 0 spiro atoms. The first-order valence-electron chi connectivity index (χ1n) is 7.10. The summed E-state index contributed by atoms with van der Waals surface area (Å²) in [6.07, 6.45) is 1.03. The van der Waals surface area contributed by atoms with Crippen LogP contribution in [0.25, 0.3) is 0 Å². The number of hydrogen-bond acceptors (Lipinski definition) is 2. The van der Waals surface area contributed by atoms with E-state index in [1.54, 1.807) is 0 Å². The topological polar surface area (TPSA) is 32.3 Å². The van der Waals surface area contributed by atoms with Gasteiger partial charge in [-0.15, -0.1) is 0 Å². The maximum absolute atomic E-state index is 11.8. The molecule has 2 atom stereocenters. The van der Waals surface area contributed by atoms with Crippen LogP contribution in [0.4, 0.5) is 0 Å². The standard InChI is InChI=1S/C16H24N2O/c1-12(2)16(19)17-15-9-14(10-18(3)11-15)13-7-5-4-6-8-13/h4-8,12,14-15H,9-11H2,1-3H3,(H,17,19). The average molecular weight is 260 g/mol. The lowest BCUT2D eigenvalue weighted by atomic mass is 9.88. The van der Waals surface area contributed by atoms with Crippen molar-refractivity contribution in [2.75, 3.05) is 20.1 Å². The molecule has 1 heterocycles. The third-order valence-corrected chi connectivity index (χ3v) is 3.77. The zero-order valence-electron chi connectivity index (χ0n) is 12.1. The van der Waals surface area contributed by atoms with Crippen LogP contribution in [0.2, 0.25) is 0 Å². The number of hydrogen-bond donors (Lipinski definition) is 1. The summed E-state index contributed by atoms with van der Waals surface area (Å²) in [5.41, 5.74) is 1.37. The molecule has 3 nitrogen and oxygen atoms in total. The second-order valence-corrected chi connectivity index (χ2v) is 5.92. The van der Waals surface area contributed by atoms with E-state index >= 15 is 0 Å². The number of carbonyl (C=O) groups excluding carboxylic acids is 1. The monoisotopic (exact) mass is 260 g/mol. The minimum absolute atomic E-state index is 0.0578. The van der Waals surface area contributed by atoms with Crippen molar-refractivity contribution < 1.29 is 4.79 Å². The number of piperidine rings is 1. The number of benzene rings is 1. The molecule has 2 unspecified atom stereocenters. The van der Waals surface area contributed by atoms with E-state index in [0.717, 1.165) is 19.5 Å². The Morgan fingerprint density at radius 3 is 2.58 bits per heavy atom. The van der Waals surface area contributed by atoms with Crippen molar-refractivity contribution in [1.29, 1.82) is 0 Å². The van der Waals surface area contributed by atoms with Gasteiger partial charge in [0.15, 0.2) is 0 Å². The highest BCUT2D eigenvalue weighted by Crippen LogP contribution is 2.26. The van der Waals surface area contributed by atoms with Crippen molar-refractivity contribution in [3.8, 4) is 0 Å². The van der Waals surface area contributed by atoms with Crippen LogP contribution in [-0.4, -0.2) is 37.0 Å². The summed E-state index contributed by atoms with van der Waals surface area (Å²) in [4.78, 5) is 14.1. The van der Waals surface area contributed by atoms with Crippen LogP contribution in [-0.2, 0) is 4.79 Å². The van der Waals surface area contributed by atoms with Crippen LogP contribution < -0.4 is 5.32 Å². The Balaban J connectivity index is 2.02. The Morgan fingerprint density at radius 2 is 1.95 bits per heavy atom. The van der Waals surface area contributed by atoms with Crippen LogP contribution in [0.5, 0.6) is 0 Å². The third kappa shape index (κ3) is 3.80. The molecule has 1 fully saturated rings. The number of likely N-dealkylation sites (N-methyl/N-ethyl adjacent to an activating group) is 1. The smallest absolute Gasteiger partial charge is 0.222 e. The van der Waals surface area contributed by atoms with Crippen molar-refractivity contribution in [3.63, 3.8) is 0 Å². The van der Waals surface area contributed by atoms with Gasteiger partial charge in [-0.3, -0.25) is 4.79 Å². The summed E-state index contributed by atoms with van der Waals surface area (Å²) in [5.74, 6) is 0.729. The van der Waals surface area contributed by atoms with E-state index in [2.05, 4.69) is 41.5 Å². The zero-order chi connectivity index (χ0) is 13.8. The van der Waals surface area contributed by atoms with Gasteiger partial charge in [-0.25, -0.2) is 0 Å². The maximum atomic E-state index is 11.8. The van der Waals surface area contributed by atoms with Crippen molar-refractivity contribution in [3.05, 3.63) is 35.9 Å². The summed E-state index contributed by atoms with van der Waals surface area (Å²) in [7, 11) is 2.13. The molecule has 1 aromatic carbocycles. The Bertz CT molecular complexity index is 416. The molecule has 0 bridgehead atoms. The van der Waals surface area contributed by atoms with Gasteiger partial charge in [-0.05, 0) is 24.9 Å². The van der Waals surface area contributed by atoms with Gasteiger partial charge in [0.25, 0.3) is 0 Å². The molecule has 1 amide bonds. The largest absolute Gasteiger partial charge is 0.352 e. The number of nitrogens with one attached hydrogen (secondary N) is 1. The van der Waals surface area contributed by atoms with Gasteiger partial charge in [-0.1, -0.05) is 44.2 Å². The van der Waals surface area contributed by atoms with E-state index in [0.29, 0.717) is 5.92 Å². The lowest BCUT2D eigenvalue weighted by Crippen LogP contribution is -2.49. The van der Waals surface area contributed by atoms with Crippen LogP contribution in [0.15, 0.2) is 30.3 Å². The van der Waals surface area contributed by atoms with Gasteiger partial charge >= 0.3 is 0 Å². The minimum atomic E-state index is 0.0578. The number of nitrogens with zero attached hydrogens (tertiary/aromatic N) is 1. The normalized spacial score (nSPS) is 24.4. The molecule has 1 aliphatic heterocycles. The summed E-state index contributed by atoms with van der Waals surface area (Å²) in [6.45, 7) is 5.90. The predicted molar refractivity (Wildman–Crippen MR) is 78.1 cm³/mol. The molecule has 19 heavy (non-hydrogen) atoms. The van der Waals surface area contributed by atoms with Gasteiger partial charge in [0.05, 0.1) is 0 Å². The molecular formula is C16H24N2O. The van der Waals surface area contributed by atoms with Gasteiger partial charge in [-0.2, -0.15) is 0 Å². The van der Waals surface area contributed by atoms with Crippen molar-refractivity contribution in [2.45, 2.75) is 32.2 Å². The molecule has 1 aliphatic rings. The summed E-state index contributed by atoms with van der Waals surface area (Å²) in [5, 5.41) is 3.17. The molecule has 3 heteroatoms. The SMILES string of the molecule is CC(C)C(=O)NC1CC(c2ccccc2)CN(C)C1. The first-order chi connectivity index (χ1) is 9.06. The first kappa shape index (κ1) is 14.1. The molecule has 1 N–H and O–H groups in total. The Kier molecular flexibility index (Phi) is 4.59. The second kappa shape index (κ2) is 6.20. The molecule has 0 aromatic heterocycles. The molecule has 1 saturated heterocycles. The third-order valence-electron chi connectivity index (χ3n) is 3.77. The van der Waals surface area contributed by atoms with Crippen molar-refractivity contribution in [1.82, 2.24) is 10.2 Å². The van der Waals surface area contributed by atoms with Gasteiger partial charge in [0.2, 0.25) is 5.91 Å². The fraction of sp³-hybridized carbons (Fsp3) is 0.562. The lowest BCUT2D eigenvalue weighted by Gasteiger charge is -2.36. The lowest BCUT2D eigenvalue weighted by molar-refractivity contribution is -0.125. The van der Waals surface area contributed by atoms with Gasteiger partial charge in [0, 0.05) is 25.0 Å². The van der Waals surface area contributed by atoms with Crippen molar-refractivity contribution in [2.24, 2.45) is 5.92 Å². The highest BCUT2D eigenvalue weighted by Gasteiger charge is 2.27. The van der Waals surface area contributed by atoms with E-state index in [-0.39, 0.29) is 17.9 Å². The summed E-state index contributed by atoms with van der Waals surface area (Å²) in [6, 6.07) is 10.9. The van der Waals surface area contributed by atoms with Crippen LogP contribution in [0, 0.1) is 5.92 Å².